The monoisotopic (exact) mass is 1400 g/mol. The third-order valence-corrected chi connectivity index (χ3v) is 19.9. The van der Waals surface area contributed by atoms with Crippen LogP contribution in [-0.4, -0.2) is 96.7 Å². The molecule has 0 bridgehead atoms. The van der Waals surface area contributed by atoms with Crippen molar-refractivity contribution in [3.8, 4) is 0 Å². The fourth-order valence-corrected chi connectivity index (χ4v) is 13.1. The van der Waals surface area contributed by atoms with Crippen LogP contribution < -0.4 is 0 Å². The van der Waals surface area contributed by atoms with E-state index >= 15 is 0 Å². The molecule has 95 heavy (non-hydrogen) atoms. The van der Waals surface area contributed by atoms with E-state index in [2.05, 4.69) is 48.5 Å². The summed E-state index contributed by atoms with van der Waals surface area (Å²) in [6.07, 6.45) is 52.7. The number of phosphoric acid groups is 2. The number of carbonyl (C=O) groups is 4. The van der Waals surface area contributed by atoms with Crippen molar-refractivity contribution in [1.29, 1.82) is 0 Å². The molecule has 0 saturated carbocycles. The lowest BCUT2D eigenvalue weighted by Crippen LogP contribution is -2.30. The van der Waals surface area contributed by atoms with Gasteiger partial charge in [-0.15, -0.1) is 0 Å². The number of aliphatic hydroxyl groups excluding tert-OH is 1. The molecule has 0 rings (SSSR count). The van der Waals surface area contributed by atoms with Crippen molar-refractivity contribution in [2.45, 2.75) is 407 Å². The molecule has 0 aromatic heterocycles. The lowest BCUT2D eigenvalue weighted by atomic mass is 9.99. The smallest absolute Gasteiger partial charge is 0.462 e. The minimum atomic E-state index is -4.96. The zero-order valence-corrected chi connectivity index (χ0v) is 63.9. The van der Waals surface area contributed by atoms with Crippen LogP contribution in [0.1, 0.15) is 389 Å². The largest absolute Gasteiger partial charge is 0.472 e. The first-order chi connectivity index (χ1) is 45.8. The van der Waals surface area contributed by atoms with Gasteiger partial charge in [0, 0.05) is 25.7 Å². The fourth-order valence-electron chi connectivity index (χ4n) is 11.6. The number of hydrogen-bond acceptors (Lipinski definition) is 15. The lowest BCUT2D eigenvalue weighted by molar-refractivity contribution is -0.161. The molecule has 0 saturated heterocycles. The van der Waals surface area contributed by atoms with Crippen LogP contribution in [-0.2, 0) is 65.4 Å². The highest BCUT2D eigenvalue weighted by Gasteiger charge is 2.30. The number of ether oxygens (including phenoxy) is 4. The molecule has 564 valence electrons. The fraction of sp³-hybridized carbons (Fsp3) is 0.947. The Morgan fingerprint density at radius 1 is 0.305 bits per heavy atom. The summed E-state index contributed by atoms with van der Waals surface area (Å²) in [5.74, 6) is 0.178. The summed E-state index contributed by atoms with van der Waals surface area (Å²) in [4.78, 5) is 72.8. The van der Waals surface area contributed by atoms with Gasteiger partial charge in [0.15, 0.2) is 12.2 Å². The van der Waals surface area contributed by atoms with Crippen LogP contribution in [0.15, 0.2) is 0 Å². The van der Waals surface area contributed by atoms with Gasteiger partial charge in [-0.25, -0.2) is 9.13 Å². The predicted molar refractivity (Wildman–Crippen MR) is 386 cm³/mol. The van der Waals surface area contributed by atoms with Crippen molar-refractivity contribution in [2.24, 2.45) is 17.8 Å². The van der Waals surface area contributed by atoms with E-state index in [1.165, 1.54) is 193 Å². The number of rotatable bonds is 74. The number of unbranched alkanes of at least 4 members (excludes halogenated alkanes) is 41. The highest BCUT2D eigenvalue weighted by Crippen LogP contribution is 2.45. The topological polar surface area (TPSA) is 237 Å². The van der Waals surface area contributed by atoms with Crippen LogP contribution in [0.25, 0.3) is 0 Å². The molecule has 3 unspecified atom stereocenters. The van der Waals surface area contributed by atoms with E-state index < -0.39 is 97.5 Å². The third kappa shape index (κ3) is 69.0. The maximum atomic E-state index is 13.1. The Morgan fingerprint density at radius 3 is 0.800 bits per heavy atom. The first-order valence-corrected chi connectivity index (χ1v) is 42.4. The summed E-state index contributed by atoms with van der Waals surface area (Å²) in [6, 6.07) is 0. The van der Waals surface area contributed by atoms with Crippen LogP contribution >= 0.6 is 15.6 Å². The minimum absolute atomic E-state index is 0.107. The summed E-state index contributed by atoms with van der Waals surface area (Å²) in [5, 5.41) is 10.6. The van der Waals surface area contributed by atoms with Crippen LogP contribution in [0.5, 0.6) is 0 Å². The summed E-state index contributed by atoms with van der Waals surface area (Å²) in [7, 11) is -9.91. The van der Waals surface area contributed by atoms with Gasteiger partial charge in [0.25, 0.3) is 0 Å². The minimum Gasteiger partial charge on any atom is -0.462 e. The van der Waals surface area contributed by atoms with Crippen molar-refractivity contribution < 1.29 is 80.2 Å². The second kappa shape index (κ2) is 66.6. The van der Waals surface area contributed by atoms with Gasteiger partial charge in [-0.2, -0.15) is 0 Å². The van der Waals surface area contributed by atoms with E-state index in [-0.39, 0.29) is 25.7 Å². The Hall–Kier alpha value is -1.94. The summed E-state index contributed by atoms with van der Waals surface area (Å²) >= 11 is 0. The molecule has 0 aliphatic rings. The van der Waals surface area contributed by atoms with Gasteiger partial charge in [-0.1, -0.05) is 337 Å². The van der Waals surface area contributed by atoms with Crippen LogP contribution in [0, 0.1) is 17.8 Å². The first kappa shape index (κ1) is 93.1. The molecule has 0 spiro atoms. The second-order valence-corrected chi connectivity index (χ2v) is 31.5. The predicted octanol–water partition coefficient (Wildman–Crippen LogP) is 22.2. The summed E-state index contributed by atoms with van der Waals surface area (Å²) < 4.78 is 68.5. The molecule has 0 aromatic rings. The van der Waals surface area contributed by atoms with Gasteiger partial charge in [0.2, 0.25) is 0 Å². The highest BCUT2D eigenvalue weighted by atomic mass is 31.2. The Bertz CT molecular complexity index is 1850. The molecule has 6 atom stereocenters. The van der Waals surface area contributed by atoms with E-state index in [4.69, 9.17) is 37.0 Å². The number of phosphoric ester groups is 2. The van der Waals surface area contributed by atoms with Crippen LogP contribution in [0.2, 0.25) is 0 Å². The average molecular weight is 1400 g/mol. The zero-order valence-electron chi connectivity index (χ0n) is 62.1. The molecule has 0 aliphatic heterocycles. The van der Waals surface area contributed by atoms with E-state index in [9.17, 15) is 43.2 Å². The van der Waals surface area contributed by atoms with Gasteiger partial charge in [0.05, 0.1) is 26.4 Å². The SMILES string of the molecule is CCCCCCCCCCCCCCCCC(=O)O[C@H](COC(=O)CCCCCCCCC(C)C)COP(=O)(O)OC[C@H](O)COP(=O)(O)OC[C@@H](COC(=O)CCCCCCCCCCCCCC(C)C)OC(=O)CCCCCCCCCCCCCCCCC(C)CC. The molecule has 0 aliphatic carbocycles. The Labute approximate surface area is 581 Å². The van der Waals surface area contributed by atoms with E-state index in [0.29, 0.717) is 31.6 Å². The van der Waals surface area contributed by atoms with Crippen molar-refractivity contribution in [3.05, 3.63) is 0 Å². The molecule has 0 aromatic carbocycles. The second-order valence-electron chi connectivity index (χ2n) is 28.6. The van der Waals surface area contributed by atoms with Crippen molar-refractivity contribution in [1.82, 2.24) is 0 Å². The van der Waals surface area contributed by atoms with E-state index in [1.54, 1.807) is 0 Å². The van der Waals surface area contributed by atoms with Crippen molar-refractivity contribution in [3.63, 3.8) is 0 Å². The summed E-state index contributed by atoms with van der Waals surface area (Å²) in [5.41, 5.74) is 0. The Balaban J connectivity index is 5.24. The van der Waals surface area contributed by atoms with Crippen LogP contribution in [0.3, 0.4) is 0 Å². The van der Waals surface area contributed by atoms with Crippen molar-refractivity contribution >= 4 is 39.5 Å². The molecule has 0 heterocycles. The first-order valence-electron chi connectivity index (χ1n) is 39.4. The van der Waals surface area contributed by atoms with Gasteiger partial charge >= 0.3 is 39.5 Å². The molecule has 0 radical (unpaired) electrons. The number of esters is 4. The molecule has 19 heteroatoms. The normalized spacial score (nSPS) is 14.4. The summed E-state index contributed by atoms with van der Waals surface area (Å²) in [6.45, 7) is 11.9. The quantitative estimate of drug-likeness (QED) is 0.0222. The number of hydrogen-bond donors (Lipinski definition) is 3. The number of aliphatic hydroxyl groups is 1. The molecule has 3 N–H and O–H groups in total. The highest BCUT2D eigenvalue weighted by molar-refractivity contribution is 7.47. The molecule has 0 amide bonds. The van der Waals surface area contributed by atoms with E-state index in [1.807, 2.05) is 0 Å². The maximum Gasteiger partial charge on any atom is 0.472 e. The molecular weight excluding hydrogens is 1250 g/mol. The molecular formula is C76H148O17P2. The van der Waals surface area contributed by atoms with Crippen LogP contribution in [0.4, 0.5) is 0 Å². The lowest BCUT2D eigenvalue weighted by Gasteiger charge is -2.21. The van der Waals surface area contributed by atoms with E-state index in [0.717, 1.165) is 108 Å². The van der Waals surface area contributed by atoms with Gasteiger partial charge in [0.1, 0.15) is 19.3 Å². The van der Waals surface area contributed by atoms with Gasteiger partial charge in [-0.05, 0) is 43.4 Å². The third-order valence-electron chi connectivity index (χ3n) is 18.0. The Morgan fingerprint density at radius 2 is 0.537 bits per heavy atom. The average Bonchev–Trinajstić information content (AvgIpc) is 1.40. The van der Waals surface area contributed by atoms with Crippen molar-refractivity contribution in [2.75, 3.05) is 39.6 Å². The number of carbonyl (C=O) groups excluding carboxylic acids is 4. The maximum absolute atomic E-state index is 13.1. The molecule has 17 nitrogen and oxygen atoms in total. The van der Waals surface area contributed by atoms with Gasteiger partial charge in [-0.3, -0.25) is 37.3 Å². The standard InChI is InChI=1S/C76H148O17P2/c1-8-10-11-12-13-14-15-16-20-25-31-36-45-52-59-76(81)93-72(64-87-74(79)58-51-44-39-38-41-48-55-68(5)6)66-91-95(84,85)89-62-70(77)61-88-94(82,83)90-65-71(63-86-73(78)57-50-43-35-30-27-22-23-28-33-40-47-54-67(3)4)92-75(80)60-53-46-37-32-26-21-18-17-19-24-29-34-42-49-56-69(7)9-2/h67-72,77H,8-66H2,1-7H3,(H,82,83)(H,84,85)/t69?,70-,71-,72-/m1/s1. The Kier molecular flexibility index (Phi) is 65.2. The molecule has 0 fully saturated rings. The van der Waals surface area contributed by atoms with Gasteiger partial charge < -0.3 is 33.8 Å². The zero-order chi connectivity index (χ0) is 70.1.